The Hall–Kier alpha value is -2.47. The first-order valence-corrected chi connectivity index (χ1v) is 8.35. The van der Waals surface area contributed by atoms with E-state index in [1.54, 1.807) is 6.33 Å². The number of anilines is 1. The fraction of sp³-hybridized carbons (Fsp3) is 0.176. The highest BCUT2D eigenvalue weighted by Gasteiger charge is 2.12. The molecule has 0 unspecified atom stereocenters. The third kappa shape index (κ3) is 3.84. The first-order valence-electron chi connectivity index (χ1n) is 7.47. The summed E-state index contributed by atoms with van der Waals surface area (Å²) in [7, 11) is 0. The van der Waals surface area contributed by atoms with E-state index >= 15 is 0 Å². The zero-order valence-electron chi connectivity index (χ0n) is 12.7. The smallest absolute Gasteiger partial charge is 0.329 e. The molecular weight excluding hydrogens is 308 g/mol. The van der Waals surface area contributed by atoms with Crippen molar-refractivity contribution in [1.82, 2.24) is 14.7 Å². The first kappa shape index (κ1) is 15.4. The molecule has 0 radical (unpaired) electrons. The van der Waals surface area contributed by atoms with Crippen molar-refractivity contribution in [3.63, 3.8) is 0 Å². The van der Waals surface area contributed by atoms with Crippen LogP contribution in [-0.4, -0.2) is 16.0 Å². The maximum Gasteiger partial charge on any atom is 0.329 e. The molecule has 118 valence electrons. The van der Waals surface area contributed by atoms with Crippen LogP contribution in [0.3, 0.4) is 0 Å². The van der Waals surface area contributed by atoms with Crippen molar-refractivity contribution in [2.45, 2.75) is 18.6 Å². The van der Waals surface area contributed by atoms with Gasteiger partial charge >= 0.3 is 6.03 Å². The van der Waals surface area contributed by atoms with Crippen LogP contribution in [0, 0.1) is 0 Å². The quantitative estimate of drug-likeness (QED) is 0.605. The van der Waals surface area contributed by atoms with Gasteiger partial charge < -0.3 is 10.3 Å². The number of rotatable bonds is 5. The molecule has 2 aromatic carbocycles. The summed E-state index contributed by atoms with van der Waals surface area (Å²) in [6.07, 6.45) is 2.57. The van der Waals surface area contributed by atoms with E-state index in [0.29, 0.717) is 0 Å². The van der Waals surface area contributed by atoms with Gasteiger partial charge in [0.05, 0.1) is 17.4 Å². The summed E-state index contributed by atoms with van der Waals surface area (Å²) in [6.45, 7) is 2.11. The second-order valence-corrected chi connectivity index (χ2v) is 6.12. The van der Waals surface area contributed by atoms with Crippen LogP contribution in [0.5, 0.6) is 0 Å². The molecule has 3 N–H and O–H groups in total. The molecule has 0 aliphatic rings. The van der Waals surface area contributed by atoms with E-state index < -0.39 is 0 Å². The van der Waals surface area contributed by atoms with Gasteiger partial charge in [-0.15, -0.1) is 0 Å². The van der Waals surface area contributed by atoms with Gasteiger partial charge in [0.15, 0.2) is 0 Å². The maximum atomic E-state index is 12.1. The maximum absolute atomic E-state index is 12.1. The molecule has 6 heteroatoms. The third-order valence-electron chi connectivity index (χ3n) is 3.51. The van der Waals surface area contributed by atoms with E-state index in [0.717, 1.165) is 23.1 Å². The molecule has 1 atom stereocenters. The molecule has 0 aliphatic carbocycles. The second kappa shape index (κ2) is 7.19. The van der Waals surface area contributed by atoms with Crippen molar-refractivity contribution in [2.75, 3.05) is 5.32 Å². The summed E-state index contributed by atoms with van der Waals surface area (Å²) in [5.74, 6) is 0. The number of carbonyl (C=O) groups excluding carboxylic acids is 1. The molecule has 3 rings (SSSR count). The summed E-state index contributed by atoms with van der Waals surface area (Å²) >= 11 is 1.43. The van der Waals surface area contributed by atoms with Gasteiger partial charge in [-0.1, -0.05) is 37.3 Å². The number of carbonyl (C=O) groups is 1. The van der Waals surface area contributed by atoms with Crippen molar-refractivity contribution in [1.29, 1.82) is 0 Å². The Morgan fingerprint density at radius 1 is 1.26 bits per heavy atom. The predicted octanol–water partition coefficient (Wildman–Crippen LogP) is 4.48. The zero-order chi connectivity index (χ0) is 16.1. The number of imidazole rings is 1. The molecule has 2 amide bonds. The van der Waals surface area contributed by atoms with Crippen molar-refractivity contribution in [3.8, 4) is 0 Å². The minimum absolute atomic E-state index is 0.233. The monoisotopic (exact) mass is 326 g/mol. The van der Waals surface area contributed by atoms with E-state index in [1.807, 2.05) is 36.4 Å². The number of amides is 2. The average Bonchev–Trinajstić information content (AvgIpc) is 3.04. The van der Waals surface area contributed by atoms with Crippen molar-refractivity contribution >= 4 is 34.7 Å². The van der Waals surface area contributed by atoms with Gasteiger partial charge in [-0.2, -0.15) is 0 Å². The first-order chi connectivity index (χ1) is 11.3. The molecule has 23 heavy (non-hydrogen) atoms. The van der Waals surface area contributed by atoms with Crippen LogP contribution in [0.4, 0.5) is 10.5 Å². The normalized spacial score (nSPS) is 12.0. The Labute approximate surface area is 139 Å². The molecule has 1 heterocycles. The van der Waals surface area contributed by atoms with Crippen LogP contribution in [0.15, 0.2) is 54.9 Å². The fourth-order valence-corrected chi connectivity index (χ4v) is 3.11. The Kier molecular flexibility index (Phi) is 4.83. The lowest BCUT2D eigenvalue weighted by Crippen LogP contribution is -2.23. The number of nitrogens with one attached hydrogen (secondary N) is 3. The van der Waals surface area contributed by atoms with Gasteiger partial charge in [0.25, 0.3) is 0 Å². The lowest BCUT2D eigenvalue weighted by Gasteiger charge is -2.15. The molecular formula is C17H18N4OS. The van der Waals surface area contributed by atoms with Crippen LogP contribution in [-0.2, 0) is 0 Å². The van der Waals surface area contributed by atoms with Gasteiger partial charge in [0, 0.05) is 10.9 Å². The van der Waals surface area contributed by atoms with Gasteiger partial charge in [-0.25, -0.2) is 9.78 Å². The van der Waals surface area contributed by atoms with Gasteiger partial charge in [0.1, 0.15) is 0 Å². The number of fused-ring (bicyclic) bond motifs is 1. The summed E-state index contributed by atoms with van der Waals surface area (Å²) in [5.41, 5.74) is 3.71. The van der Waals surface area contributed by atoms with Gasteiger partial charge in [0.2, 0.25) is 0 Å². The molecule has 5 nitrogen and oxygen atoms in total. The Bertz CT molecular complexity index is 787. The van der Waals surface area contributed by atoms with Crippen LogP contribution in [0.2, 0.25) is 0 Å². The standard InChI is InChI=1S/C17H18N4OS/c1-2-16(12-6-4-3-5-7-12)23-21-17(22)20-13-8-9-14-15(10-13)19-11-18-14/h3-11,16H,2H2,1H3,(H,18,19)(H2,20,21,22)/t16-/m0/s1. The summed E-state index contributed by atoms with van der Waals surface area (Å²) in [4.78, 5) is 19.3. The average molecular weight is 326 g/mol. The molecule has 0 saturated heterocycles. The van der Waals surface area contributed by atoms with Gasteiger partial charge in [-0.3, -0.25) is 4.72 Å². The van der Waals surface area contributed by atoms with Crippen molar-refractivity contribution < 1.29 is 4.79 Å². The van der Waals surface area contributed by atoms with E-state index in [1.165, 1.54) is 17.5 Å². The predicted molar refractivity (Wildman–Crippen MR) is 95.3 cm³/mol. The second-order valence-electron chi connectivity index (χ2n) is 5.12. The largest absolute Gasteiger partial charge is 0.345 e. The highest BCUT2D eigenvalue weighted by atomic mass is 32.2. The van der Waals surface area contributed by atoms with E-state index in [-0.39, 0.29) is 11.3 Å². The molecule has 0 aliphatic heterocycles. The van der Waals surface area contributed by atoms with Crippen LogP contribution >= 0.6 is 11.9 Å². The molecule has 0 bridgehead atoms. The van der Waals surface area contributed by atoms with Crippen LogP contribution in [0.1, 0.15) is 24.2 Å². The Morgan fingerprint density at radius 3 is 2.87 bits per heavy atom. The molecule has 0 fully saturated rings. The van der Waals surface area contributed by atoms with Crippen LogP contribution in [0.25, 0.3) is 11.0 Å². The Balaban J connectivity index is 1.58. The number of benzene rings is 2. The highest BCUT2D eigenvalue weighted by Crippen LogP contribution is 2.29. The lowest BCUT2D eigenvalue weighted by atomic mass is 10.1. The minimum Gasteiger partial charge on any atom is -0.345 e. The molecule has 3 aromatic rings. The van der Waals surface area contributed by atoms with E-state index in [4.69, 9.17) is 0 Å². The Morgan fingerprint density at radius 2 is 2.09 bits per heavy atom. The van der Waals surface area contributed by atoms with Crippen LogP contribution < -0.4 is 10.0 Å². The highest BCUT2D eigenvalue weighted by molar-refractivity contribution is 7.98. The fourth-order valence-electron chi connectivity index (χ4n) is 2.35. The molecule has 1 aromatic heterocycles. The van der Waals surface area contributed by atoms with Gasteiger partial charge in [-0.05, 0) is 42.1 Å². The number of hydrogen-bond donors (Lipinski definition) is 3. The lowest BCUT2D eigenvalue weighted by molar-refractivity contribution is 0.257. The topological polar surface area (TPSA) is 69.8 Å². The molecule has 0 saturated carbocycles. The number of H-pyrrole nitrogens is 1. The number of nitrogens with zero attached hydrogens (tertiary/aromatic N) is 1. The molecule has 0 spiro atoms. The summed E-state index contributed by atoms with van der Waals surface area (Å²) < 4.78 is 2.86. The minimum atomic E-state index is -0.233. The number of hydrogen-bond acceptors (Lipinski definition) is 3. The van der Waals surface area contributed by atoms with E-state index in [2.05, 4.69) is 39.1 Å². The number of aromatic amines is 1. The third-order valence-corrected chi connectivity index (χ3v) is 4.71. The SMILES string of the molecule is CC[C@H](SNC(=O)Nc1ccc2nc[nH]c2c1)c1ccccc1. The number of aromatic nitrogens is 2. The number of urea groups is 1. The summed E-state index contributed by atoms with van der Waals surface area (Å²) in [6, 6.07) is 15.5. The zero-order valence-corrected chi connectivity index (χ0v) is 13.6. The van der Waals surface area contributed by atoms with Crippen molar-refractivity contribution in [2.24, 2.45) is 0 Å². The van der Waals surface area contributed by atoms with Crippen molar-refractivity contribution in [3.05, 3.63) is 60.4 Å². The van der Waals surface area contributed by atoms with E-state index in [9.17, 15) is 4.79 Å². The summed E-state index contributed by atoms with van der Waals surface area (Å²) in [5, 5.41) is 3.07.